The molecule has 0 amide bonds. The summed E-state index contributed by atoms with van der Waals surface area (Å²) in [5.74, 6) is -0.282. The fourth-order valence-corrected chi connectivity index (χ4v) is 4.50. The van der Waals surface area contributed by atoms with Crippen LogP contribution in [0.5, 0.6) is 5.75 Å². The summed E-state index contributed by atoms with van der Waals surface area (Å²) in [6, 6.07) is 10.6. The predicted octanol–water partition coefficient (Wildman–Crippen LogP) is 2.74. The second-order valence-electron chi connectivity index (χ2n) is 7.02. The molecule has 1 aromatic heterocycles. The van der Waals surface area contributed by atoms with Crippen molar-refractivity contribution >= 4 is 17.3 Å². The lowest BCUT2D eigenvalue weighted by Gasteiger charge is -2.35. The van der Waals surface area contributed by atoms with Gasteiger partial charge >= 0.3 is 5.97 Å². The molecule has 0 saturated carbocycles. The standard InChI is InChI=1S/C21H28N2O3S/c1-2-11-23(12-10-17-6-4-13-27-17)16-8-9-18-15(14-16)5-3-7-19(18)26-21(25)20(22)24/h3-7,13,16,20,24H,2,8-12,14,22H2,1H3/t16-,20?/m0/s1. The van der Waals surface area contributed by atoms with Crippen LogP contribution in [0.25, 0.3) is 0 Å². The molecule has 2 atom stereocenters. The van der Waals surface area contributed by atoms with Crippen LogP contribution in [0.4, 0.5) is 0 Å². The third kappa shape index (κ3) is 5.17. The number of nitrogens with two attached hydrogens (primary N) is 1. The van der Waals surface area contributed by atoms with Crippen molar-refractivity contribution in [2.75, 3.05) is 13.1 Å². The van der Waals surface area contributed by atoms with E-state index in [1.54, 1.807) is 6.07 Å². The van der Waals surface area contributed by atoms with Gasteiger partial charge in [-0.3, -0.25) is 10.6 Å². The van der Waals surface area contributed by atoms with Crippen molar-refractivity contribution < 1.29 is 14.6 Å². The smallest absolute Gasteiger partial charge is 0.355 e. The van der Waals surface area contributed by atoms with Crippen LogP contribution in [0.1, 0.15) is 35.8 Å². The van der Waals surface area contributed by atoms with Crippen LogP contribution in [0.2, 0.25) is 0 Å². The summed E-state index contributed by atoms with van der Waals surface area (Å²) < 4.78 is 5.29. The van der Waals surface area contributed by atoms with E-state index < -0.39 is 12.2 Å². The van der Waals surface area contributed by atoms with Gasteiger partial charge in [-0.1, -0.05) is 25.1 Å². The molecule has 0 saturated heterocycles. The van der Waals surface area contributed by atoms with Crippen molar-refractivity contribution in [3.63, 3.8) is 0 Å². The topological polar surface area (TPSA) is 75.8 Å². The van der Waals surface area contributed by atoms with E-state index >= 15 is 0 Å². The first-order chi connectivity index (χ1) is 13.1. The third-order valence-electron chi connectivity index (χ3n) is 5.12. The van der Waals surface area contributed by atoms with Gasteiger partial charge in [-0.2, -0.15) is 0 Å². The quantitative estimate of drug-likeness (QED) is 0.413. The highest BCUT2D eigenvalue weighted by Gasteiger charge is 2.26. The van der Waals surface area contributed by atoms with Gasteiger partial charge in [0.2, 0.25) is 6.23 Å². The second-order valence-corrected chi connectivity index (χ2v) is 8.05. The van der Waals surface area contributed by atoms with Gasteiger partial charge in [-0.15, -0.1) is 11.3 Å². The normalized spacial score (nSPS) is 17.6. The molecule has 0 spiro atoms. The van der Waals surface area contributed by atoms with Crippen LogP contribution >= 0.6 is 11.3 Å². The molecule has 2 aromatic rings. The van der Waals surface area contributed by atoms with Crippen LogP contribution in [0.3, 0.4) is 0 Å². The van der Waals surface area contributed by atoms with E-state index in [9.17, 15) is 9.90 Å². The van der Waals surface area contributed by atoms with Gasteiger partial charge in [0, 0.05) is 17.5 Å². The lowest BCUT2D eigenvalue weighted by Crippen LogP contribution is -2.41. The van der Waals surface area contributed by atoms with Gasteiger partial charge in [-0.25, -0.2) is 4.79 Å². The third-order valence-corrected chi connectivity index (χ3v) is 6.05. The first-order valence-electron chi connectivity index (χ1n) is 9.61. The van der Waals surface area contributed by atoms with Crippen LogP contribution in [0.15, 0.2) is 35.7 Å². The average Bonchev–Trinajstić information content (AvgIpc) is 3.18. The highest BCUT2D eigenvalue weighted by molar-refractivity contribution is 7.09. The Hall–Kier alpha value is -1.73. The predicted molar refractivity (Wildman–Crippen MR) is 108 cm³/mol. The Bertz CT molecular complexity index is 746. The number of hydrogen-bond donors (Lipinski definition) is 2. The minimum atomic E-state index is -1.60. The van der Waals surface area contributed by atoms with Crippen LogP contribution in [-0.4, -0.2) is 41.3 Å². The number of rotatable bonds is 8. The van der Waals surface area contributed by atoms with E-state index in [0.717, 1.165) is 50.8 Å². The van der Waals surface area contributed by atoms with Gasteiger partial charge in [0.05, 0.1) is 0 Å². The molecule has 6 heteroatoms. The summed E-state index contributed by atoms with van der Waals surface area (Å²) in [7, 11) is 0. The molecule has 5 nitrogen and oxygen atoms in total. The van der Waals surface area contributed by atoms with Crippen molar-refractivity contribution in [2.45, 2.75) is 51.3 Å². The number of aliphatic hydroxyl groups excluding tert-OH is 1. The van der Waals surface area contributed by atoms with Gasteiger partial charge in [0.25, 0.3) is 0 Å². The number of carbonyl (C=O) groups is 1. The molecule has 1 aliphatic rings. The molecule has 27 heavy (non-hydrogen) atoms. The molecule has 0 radical (unpaired) electrons. The molecule has 3 N–H and O–H groups in total. The van der Waals surface area contributed by atoms with E-state index in [2.05, 4.69) is 35.4 Å². The molecular formula is C21H28N2O3S. The SMILES string of the molecule is CCCN(CCc1cccs1)[C@H]1CCc2c(cccc2OC(=O)C(N)O)C1. The Morgan fingerprint density at radius 2 is 2.22 bits per heavy atom. The van der Waals surface area contributed by atoms with Gasteiger partial charge in [-0.05, 0) is 67.3 Å². The summed E-state index contributed by atoms with van der Waals surface area (Å²) in [6.07, 6.45) is 3.48. The number of hydrogen-bond acceptors (Lipinski definition) is 6. The Labute approximate surface area is 164 Å². The number of aliphatic hydroxyl groups is 1. The van der Waals surface area contributed by atoms with E-state index in [1.807, 2.05) is 17.4 Å². The number of nitrogens with zero attached hydrogens (tertiary/aromatic N) is 1. The van der Waals surface area contributed by atoms with Crippen LogP contribution < -0.4 is 10.5 Å². The van der Waals surface area contributed by atoms with E-state index in [4.69, 9.17) is 10.5 Å². The summed E-state index contributed by atoms with van der Waals surface area (Å²) in [5, 5.41) is 11.3. The lowest BCUT2D eigenvalue weighted by molar-refractivity contribution is -0.143. The van der Waals surface area contributed by atoms with Crippen molar-refractivity contribution in [2.24, 2.45) is 5.73 Å². The van der Waals surface area contributed by atoms with Crippen molar-refractivity contribution in [3.05, 3.63) is 51.7 Å². The molecular weight excluding hydrogens is 360 g/mol. The fraction of sp³-hybridized carbons (Fsp3) is 0.476. The summed E-state index contributed by atoms with van der Waals surface area (Å²) >= 11 is 1.82. The van der Waals surface area contributed by atoms with E-state index in [1.165, 1.54) is 10.4 Å². The van der Waals surface area contributed by atoms with Crippen molar-refractivity contribution in [1.82, 2.24) is 4.90 Å². The van der Waals surface area contributed by atoms with E-state index in [0.29, 0.717) is 11.8 Å². The molecule has 0 aliphatic heterocycles. The lowest BCUT2D eigenvalue weighted by atomic mass is 9.86. The maximum absolute atomic E-state index is 11.6. The Kier molecular flexibility index (Phi) is 7.01. The number of thiophene rings is 1. The minimum absolute atomic E-state index is 0.503. The molecule has 1 heterocycles. The van der Waals surface area contributed by atoms with Gasteiger partial charge < -0.3 is 9.84 Å². The molecule has 3 rings (SSSR count). The second kappa shape index (κ2) is 9.46. The van der Waals surface area contributed by atoms with Gasteiger partial charge in [0.1, 0.15) is 5.75 Å². The zero-order valence-electron chi connectivity index (χ0n) is 15.8. The van der Waals surface area contributed by atoms with Crippen molar-refractivity contribution in [3.8, 4) is 5.75 Å². The number of benzene rings is 1. The maximum atomic E-state index is 11.6. The summed E-state index contributed by atoms with van der Waals surface area (Å²) in [6.45, 7) is 4.40. The summed E-state index contributed by atoms with van der Waals surface area (Å²) in [5.41, 5.74) is 7.49. The highest BCUT2D eigenvalue weighted by atomic mass is 32.1. The summed E-state index contributed by atoms with van der Waals surface area (Å²) in [4.78, 5) is 15.7. The average molecular weight is 389 g/mol. The number of ether oxygens (including phenoxy) is 1. The fourth-order valence-electron chi connectivity index (χ4n) is 3.80. The Balaban J connectivity index is 1.69. The maximum Gasteiger partial charge on any atom is 0.355 e. The number of carbonyl (C=O) groups excluding carboxylic acids is 1. The molecule has 1 aromatic carbocycles. The number of esters is 1. The molecule has 0 fully saturated rings. The molecule has 0 bridgehead atoms. The van der Waals surface area contributed by atoms with Crippen molar-refractivity contribution in [1.29, 1.82) is 0 Å². The largest absolute Gasteiger partial charge is 0.423 e. The monoisotopic (exact) mass is 388 g/mol. The van der Waals surface area contributed by atoms with E-state index in [-0.39, 0.29) is 0 Å². The first-order valence-corrected chi connectivity index (χ1v) is 10.5. The zero-order chi connectivity index (χ0) is 19.2. The molecule has 146 valence electrons. The molecule has 1 unspecified atom stereocenters. The first kappa shape index (κ1) is 20.0. The highest BCUT2D eigenvalue weighted by Crippen LogP contribution is 2.32. The minimum Gasteiger partial charge on any atom is -0.423 e. The zero-order valence-corrected chi connectivity index (χ0v) is 16.6. The Morgan fingerprint density at radius 3 is 2.93 bits per heavy atom. The van der Waals surface area contributed by atoms with Crippen LogP contribution in [-0.2, 0) is 24.1 Å². The molecule has 1 aliphatic carbocycles. The van der Waals surface area contributed by atoms with Crippen LogP contribution in [0, 0.1) is 0 Å². The number of fused-ring (bicyclic) bond motifs is 1. The van der Waals surface area contributed by atoms with Gasteiger partial charge in [0.15, 0.2) is 0 Å². The Morgan fingerprint density at radius 1 is 1.37 bits per heavy atom.